The number of hydrogen-bond acceptors (Lipinski definition) is 4. The number of furan rings is 1. The van der Waals surface area contributed by atoms with Gasteiger partial charge < -0.3 is 18.3 Å². The Morgan fingerprint density at radius 2 is 1.04 bits per heavy atom. The predicted molar refractivity (Wildman–Crippen MR) is 297 cm³/mol. The Labute approximate surface area is 452 Å². The van der Waals surface area contributed by atoms with Crippen molar-refractivity contribution in [2.45, 2.75) is 91.9 Å². The molecular weight excluding hydrogens is 1110 g/mol. The van der Waals surface area contributed by atoms with Crippen LogP contribution in [0, 0.1) is 12.1 Å². The fourth-order valence-electron chi connectivity index (χ4n) is 10.5. The molecule has 0 bridgehead atoms. The summed E-state index contributed by atoms with van der Waals surface area (Å²) in [6, 6.07) is 60.8. The number of nitrogens with zero attached hydrogens (tertiary/aromatic N) is 4. The van der Waals surface area contributed by atoms with E-state index >= 15 is 0 Å². The van der Waals surface area contributed by atoms with Crippen molar-refractivity contribution in [2.24, 2.45) is 0 Å². The minimum atomic E-state index is -2.56. The average molecular weight is 1170 g/mol. The molecule has 0 N–H and O–H groups in total. The summed E-state index contributed by atoms with van der Waals surface area (Å²) in [4.78, 5) is 10.6. The number of ether oxygens (including phenoxy) is 1. The fraction of sp³-hybridized carbons (Fsp3) is 0.212. The predicted octanol–water partition coefficient (Wildman–Crippen LogP) is 18.5. The maximum Gasteiger partial charge on any atom is 2.00 e. The minimum Gasteiger partial charge on any atom is -0.504 e. The van der Waals surface area contributed by atoms with Crippen molar-refractivity contribution in [3.63, 3.8) is 0 Å². The van der Waals surface area contributed by atoms with Gasteiger partial charge in [-0.15, -0.1) is 35.4 Å². The number of para-hydroxylation sites is 3. The third kappa shape index (κ3) is 9.66. The summed E-state index contributed by atoms with van der Waals surface area (Å²) in [5, 5.41) is 0.770. The molecule has 0 radical (unpaired) electrons. The largest absolute Gasteiger partial charge is 2.00 e. The molecule has 9 heteroatoms. The molecule has 0 aliphatic heterocycles. The van der Waals surface area contributed by atoms with Crippen LogP contribution in [0.3, 0.4) is 0 Å². The zero-order valence-corrected chi connectivity index (χ0v) is 45.6. The van der Waals surface area contributed by atoms with Gasteiger partial charge in [0.15, 0.2) is 0 Å². The van der Waals surface area contributed by atoms with Gasteiger partial charge in [-0.2, -0.15) is 0 Å². The van der Waals surface area contributed by atoms with Crippen LogP contribution in [0.15, 0.2) is 168 Å². The van der Waals surface area contributed by atoms with Crippen LogP contribution >= 0.6 is 0 Å². The molecule has 0 saturated heterocycles. The standard InChI is InChI=1S/C66H58F2N4O2.Pt/c1-39(2)52-33-48(43-19-11-9-12-20-43)34-53(40(3)4)62(52)71-58-28-16-15-26-56(58)69-65(71)47-24-17-25-51(32-47)74-59-37-50(31-46-29-30-73-64(46)59)66-70-57-27-18-23-45(38-60(67)68)61(57)72(66)63-54(41(5)6)35-49(36-55(63)42(7)8)44-21-13-10-14-22-44;/h9-31,33-36,39-42,60H,38H2,1-8H3;/q-2;+2. The SMILES string of the molecule is CC(C)c1cc(-c2ccccc2)cc(C(C)C)c1-n1c(-c2[c-]c(Oc3[c-]c(-c4nc5cccc(CC(F)F)c5n4-c4c(C(C)C)cc(-c5ccccc5)cc4C(C)C)cc4ccoc34)ccc2)nc2ccccc21.[Pt+2]. The number of rotatable bonds is 14. The van der Waals surface area contributed by atoms with E-state index in [1.54, 1.807) is 12.3 Å². The van der Waals surface area contributed by atoms with Crippen LogP contribution in [0.1, 0.15) is 107 Å². The van der Waals surface area contributed by atoms with Gasteiger partial charge in [0.1, 0.15) is 0 Å². The van der Waals surface area contributed by atoms with Gasteiger partial charge in [-0.1, -0.05) is 158 Å². The number of benzene rings is 8. The van der Waals surface area contributed by atoms with Gasteiger partial charge in [-0.3, -0.25) is 9.97 Å². The molecular formula is C66H58F2N4O2Pt. The van der Waals surface area contributed by atoms with Crippen LogP contribution in [-0.4, -0.2) is 25.5 Å². The number of fused-ring (bicyclic) bond motifs is 3. The molecule has 8 aromatic carbocycles. The van der Waals surface area contributed by atoms with Crippen LogP contribution < -0.4 is 4.74 Å². The summed E-state index contributed by atoms with van der Waals surface area (Å²) in [7, 11) is 0. The molecule has 6 nitrogen and oxygen atoms in total. The van der Waals surface area contributed by atoms with Gasteiger partial charge in [0.25, 0.3) is 0 Å². The Kier molecular flexibility index (Phi) is 14.4. The molecule has 0 aliphatic rings. The van der Waals surface area contributed by atoms with Crippen molar-refractivity contribution in [1.29, 1.82) is 0 Å². The third-order valence-electron chi connectivity index (χ3n) is 14.1. The summed E-state index contributed by atoms with van der Waals surface area (Å²) in [5.41, 5.74) is 16.7. The summed E-state index contributed by atoms with van der Waals surface area (Å²) in [6.45, 7) is 17.7. The topological polar surface area (TPSA) is 58.0 Å². The zero-order valence-electron chi connectivity index (χ0n) is 43.4. The van der Waals surface area contributed by atoms with Crippen molar-refractivity contribution in [2.75, 3.05) is 0 Å². The monoisotopic (exact) mass is 1170 g/mol. The molecule has 378 valence electrons. The molecule has 75 heavy (non-hydrogen) atoms. The molecule has 0 fully saturated rings. The van der Waals surface area contributed by atoms with Crippen LogP contribution in [0.2, 0.25) is 0 Å². The Morgan fingerprint density at radius 3 is 1.63 bits per heavy atom. The maximum atomic E-state index is 14.6. The number of hydrogen-bond donors (Lipinski definition) is 0. The maximum absolute atomic E-state index is 14.6. The quantitative estimate of drug-likeness (QED) is 0.102. The summed E-state index contributed by atoms with van der Waals surface area (Å²) in [6.07, 6.45) is -1.35. The van der Waals surface area contributed by atoms with Gasteiger partial charge in [-0.05, 0) is 122 Å². The molecule has 3 heterocycles. The Hall–Kier alpha value is -7.41. The number of aromatic nitrogens is 4. The van der Waals surface area contributed by atoms with Gasteiger partial charge >= 0.3 is 21.1 Å². The van der Waals surface area contributed by atoms with E-state index in [0.29, 0.717) is 45.1 Å². The van der Waals surface area contributed by atoms with Crippen LogP contribution in [0.5, 0.6) is 11.5 Å². The van der Waals surface area contributed by atoms with E-state index < -0.39 is 12.8 Å². The van der Waals surface area contributed by atoms with Crippen molar-refractivity contribution in [3.05, 3.63) is 204 Å². The molecule has 11 rings (SSSR count). The fourth-order valence-corrected chi connectivity index (χ4v) is 10.5. The average Bonchev–Trinajstić information content (AvgIpc) is 4.17. The first-order chi connectivity index (χ1) is 35.8. The second-order valence-electron chi connectivity index (χ2n) is 20.5. The van der Waals surface area contributed by atoms with Crippen LogP contribution in [-0.2, 0) is 27.5 Å². The van der Waals surface area contributed by atoms with Gasteiger partial charge in [0, 0.05) is 23.5 Å². The molecule has 0 atom stereocenters. The Bertz CT molecular complexity index is 3790. The van der Waals surface area contributed by atoms with Gasteiger partial charge in [-0.25, -0.2) is 8.78 Å². The third-order valence-corrected chi connectivity index (χ3v) is 14.1. The molecule has 0 amide bonds. The molecule has 0 spiro atoms. The first kappa shape index (κ1) is 51.1. The molecule has 0 unspecified atom stereocenters. The van der Waals surface area contributed by atoms with E-state index in [-0.39, 0.29) is 44.7 Å². The Balaban J connectivity index is 0.00000641. The summed E-state index contributed by atoms with van der Waals surface area (Å²) >= 11 is 0. The normalized spacial score (nSPS) is 11.9. The van der Waals surface area contributed by atoms with Crippen LogP contribution in [0.4, 0.5) is 8.78 Å². The molecule has 0 saturated carbocycles. The second-order valence-corrected chi connectivity index (χ2v) is 20.5. The first-order valence-corrected chi connectivity index (χ1v) is 25.7. The van der Waals surface area contributed by atoms with E-state index in [1.165, 1.54) is 22.3 Å². The van der Waals surface area contributed by atoms with Crippen molar-refractivity contribution < 1.29 is 39.0 Å². The van der Waals surface area contributed by atoms with Gasteiger partial charge in [0.2, 0.25) is 6.43 Å². The van der Waals surface area contributed by atoms with Gasteiger partial charge in [0.05, 0.1) is 51.3 Å². The summed E-state index contributed by atoms with van der Waals surface area (Å²) < 4.78 is 46.6. The number of alkyl halides is 2. The smallest absolute Gasteiger partial charge is 0.504 e. The summed E-state index contributed by atoms with van der Waals surface area (Å²) in [5.74, 6) is 2.60. The van der Waals surface area contributed by atoms with E-state index in [9.17, 15) is 8.78 Å². The van der Waals surface area contributed by atoms with E-state index in [1.807, 2.05) is 66.7 Å². The first-order valence-electron chi connectivity index (χ1n) is 25.7. The van der Waals surface area contributed by atoms with E-state index in [2.05, 4.69) is 162 Å². The molecule has 0 aliphatic carbocycles. The van der Waals surface area contributed by atoms with E-state index in [0.717, 1.165) is 61.4 Å². The zero-order chi connectivity index (χ0) is 51.4. The molecule has 11 aromatic rings. The number of halogens is 2. The van der Waals surface area contributed by atoms with E-state index in [4.69, 9.17) is 19.1 Å². The van der Waals surface area contributed by atoms with Crippen molar-refractivity contribution in [3.8, 4) is 67.9 Å². The van der Waals surface area contributed by atoms with Crippen molar-refractivity contribution in [1.82, 2.24) is 19.1 Å². The minimum absolute atomic E-state index is 0. The second kappa shape index (κ2) is 21.1. The number of imidazole rings is 2. The Morgan fingerprint density at radius 1 is 0.520 bits per heavy atom. The molecule has 3 aromatic heterocycles. The van der Waals surface area contributed by atoms with Crippen molar-refractivity contribution >= 4 is 33.0 Å². The van der Waals surface area contributed by atoms with Crippen LogP contribution in [0.25, 0.3) is 89.4 Å².